The lowest BCUT2D eigenvalue weighted by Gasteiger charge is -2.21. The maximum atomic E-state index is 5.83. The van der Waals surface area contributed by atoms with E-state index in [1.807, 2.05) is 18.5 Å². The van der Waals surface area contributed by atoms with Gasteiger partial charge in [-0.2, -0.15) is 0 Å². The molecule has 0 amide bonds. The van der Waals surface area contributed by atoms with Gasteiger partial charge in [-0.1, -0.05) is 18.2 Å². The van der Waals surface area contributed by atoms with Crippen LogP contribution in [0.5, 0.6) is 5.75 Å². The molecule has 1 aromatic rings. The molecular formula is C11H12N2O. The van der Waals surface area contributed by atoms with Crippen LogP contribution in [0.4, 0.5) is 0 Å². The van der Waals surface area contributed by atoms with Crippen LogP contribution in [0.2, 0.25) is 0 Å². The van der Waals surface area contributed by atoms with Crippen molar-refractivity contribution in [1.82, 2.24) is 4.90 Å². The second-order valence-electron chi connectivity index (χ2n) is 3.64. The first kappa shape index (κ1) is 7.85. The first-order valence-electron chi connectivity index (χ1n) is 4.94. The Morgan fingerprint density at radius 2 is 2.29 bits per heavy atom. The van der Waals surface area contributed by atoms with Gasteiger partial charge < -0.3 is 9.64 Å². The van der Waals surface area contributed by atoms with E-state index in [0.29, 0.717) is 0 Å². The van der Waals surface area contributed by atoms with Crippen molar-refractivity contribution >= 4 is 6.34 Å². The maximum absolute atomic E-state index is 5.83. The third-order valence-electron chi connectivity index (χ3n) is 2.72. The van der Waals surface area contributed by atoms with E-state index in [4.69, 9.17) is 4.74 Å². The lowest BCUT2D eigenvalue weighted by atomic mass is 10.1. The fourth-order valence-electron chi connectivity index (χ4n) is 1.96. The summed E-state index contributed by atoms with van der Waals surface area (Å²) in [7, 11) is 0. The van der Waals surface area contributed by atoms with Gasteiger partial charge in [0, 0.05) is 13.0 Å². The number of nitrogens with zero attached hydrogens (tertiary/aromatic N) is 2. The van der Waals surface area contributed by atoms with Crippen molar-refractivity contribution in [2.45, 2.75) is 12.6 Å². The molecule has 0 N–H and O–H groups in total. The molecule has 0 bridgehead atoms. The highest BCUT2D eigenvalue weighted by atomic mass is 16.5. The Labute approximate surface area is 83.0 Å². The molecule has 0 spiro atoms. The van der Waals surface area contributed by atoms with Crippen molar-refractivity contribution in [3.05, 3.63) is 29.8 Å². The van der Waals surface area contributed by atoms with Crippen LogP contribution in [-0.2, 0) is 6.42 Å². The third kappa shape index (κ3) is 1.16. The van der Waals surface area contributed by atoms with E-state index in [9.17, 15) is 0 Å². The van der Waals surface area contributed by atoms with Gasteiger partial charge in [0.1, 0.15) is 5.75 Å². The van der Waals surface area contributed by atoms with Gasteiger partial charge in [0.15, 0.2) is 6.23 Å². The van der Waals surface area contributed by atoms with Gasteiger partial charge in [-0.3, -0.25) is 4.99 Å². The zero-order valence-electron chi connectivity index (χ0n) is 7.89. The van der Waals surface area contributed by atoms with Crippen LogP contribution < -0.4 is 4.74 Å². The summed E-state index contributed by atoms with van der Waals surface area (Å²) in [6, 6.07) is 8.23. The molecule has 1 atom stereocenters. The first-order chi connectivity index (χ1) is 6.93. The molecule has 2 aliphatic heterocycles. The van der Waals surface area contributed by atoms with Crippen molar-refractivity contribution < 1.29 is 4.74 Å². The molecule has 0 fully saturated rings. The van der Waals surface area contributed by atoms with Crippen LogP contribution in [0.15, 0.2) is 29.3 Å². The molecule has 0 radical (unpaired) electrons. The quantitative estimate of drug-likeness (QED) is 0.663. The summed E-state index contributed by atoms with van der Waals surface area (Å²) in [4.78, 5) is 6.36. The van der Waals surface area contributed by atoms with Gasteiger partial charge >= 0.3 is 0 Å². The van der Waals surface area contributed by atoms with E-state index >= 15 is 0 Å². The van der Waals surface area contributed by atoms with Crippen molar-refractivity contribution in [2.75, 3.05) is 13.1 Å². The molecule has 0 unspecified atom stereocenters. The number of para-hydroxylation sites is 1. The van der Waals surface area contributed by atoms with Crippen molar-refractivity contribution in [3.63, 3.8) is 0 Å². The van der Waals surface area contributed by atoms with E-state index in [0.717, 1.165) is 25.3 Å². The minimum atomic E-state index is 0.165. The topological polar surface area (TPSA) is 24.8 Å². The zero-order chi connectivity index (χ0) is 9.38. The molecule has 3 heteroatoms. The highest BCUT2D eigenvalue weighted by Gasteiger charge is 2.27. The smallest absolute Gasteiger partial charge is 0.177 e. The first-order valence-corrected chi connectivity index (χ1v) is 4.94. The molecule has 72 valence electrons. The van der Waals surface area contributed by atoms with Crippen molar-refractivity contribution in [2.24, 2.45) is 4.99 Å². The predicted molar refractivity (Wildman–Crippen MR) is 54.6 cm³/mol. The number of aliphatic imine (C=N–C) groups is 1. The van der Waals surface area contributed by atoms with Crippen LogP contribution in [0.3, 0.4) is 0 Å². The molecule has 3 nitrogen and oxygen atoms in total. The molecule has 14 heavy (non-hydrogen) atoms. The number of ether oxygens (including phenoxy) is 1. The average molecular weight is 188 g/mol. The minimum Gasteiger partial charge on any atom is -0.470 e. The van der Waals surface area contributed by atoms with Crippen molar-refractivity contribution in [3.8, 4) is 5.75 Å². The maximum Gasteiger partial charge on any atom is 0.177 e. The van der Waals surface area contributed by atoms with Gasteiger partial charge in [0.2, 0.25) is 0 Å². The largest absolute Gasteiger partial charge is 0.470 e. The van der Waals surface area contributed by atoms with Gasteiger partial charge in [-0.25, -0.2) is 0 Å². The molecule has 2 heterocycles. The molecular weight excluding hydrogens is 176 g/mol. The van der Waals surface area contributed by atoms with Gasteiger partial charge in [-0.15, -0.1) is 0 Å². The molecule has 3 rings (SSSR count). The SMILES string of the molecule is C1=NCCN1[C@@H]1Cc2ccccc2O1. The summed E-state index contributed by atoms with van der Waals surface area (Å²) in [5, 5.41) is 0. The lowest BCUT2D eigenvalue weighted by Crippen LogP contribution is -2.36. The van der Waals surface area contributed by atoms with Crippen LogP contribution in [0, 0.1) is 0 Å². The fraction of sp³-hybridized carbons (Fsp3) is 0.364. The Kier molecular flexibility index (Phi) is 1.69. The van der Waals surface area contributed by atoms with Crippen LogP contribution >= 0.6 is 0 Å². The summed E-state index contributed by atoms with van der Waals surface area (Å²) in [5.41, 5.74) is 1.30. The van der Waals surface area contributed by atoms with E-state index in [-0.39, 0.29) is 6.23 Å². The molecule has 0 aliphatic carbocycles. The third-order valence-corrected chi connectivity index (χ3v) is 2.72. The highest BCUT2D eigenvalue weighted by Crippen LogP contribution is 2.29. The second kappa shape index (κ2) is 3.01. The number of rotatable bonds is 1. The van der Waals surface area contributed by atoms with Crippen LogP contribution in [0.1, 0.15) is 5.56 Å². The Morgan fingerprint density at radius 1 is 1.36 bits per heavy atom. The predicted octanol–water partition coefficient (Wildman–Crippen LogP) is 1.29. The van der Waals surface area contributed by atoms with E-state index < -0.39 is 0 Å². The van der Waals surface area contributed by atoms with Gasteiger partial charge in [0.25, 0.3) is 0 Å². The average Bonchev–Trinajstić information content (AvgIpc) is 2.86. The van der Waals surface area contributed by atoms with Gasteiger partial charge in [0.05, 0.1) is 12.9 Å². The van der Waals surface area contributed by atoms with E-state index in [1.165, 1.54) is 5.56 Å². The minimum absolute atomic E-state index is 0.165. The molecule has 1 aromatic carbocycles. The van der Waals surface area contributed by atoms with E-state index in [1.54, 1.807) is 0 Å². The van der Waals surface area contributed by atoms with Crippen molar-refractivity contribution in [1.29, 1.82) is 0 Å². The Morgan fingerprint density at radius 3 is 3.07 bits per heavy atom. The van der Waals surface area contributed by atoms with Gasteiger partial charge in [-0.05, 0) is 11.6 Å². The van der Waals surface area contributed by atoms with E-state index in [2.05, 4.69) is 22.0 Å². The monoisotopic (exact) mass is 188 g/mol. The summed E-state index contributed by atoms with van der Waals surface area (Å²) in [6.45, 7) is 1.88. The Hall–Kier alpha value is -1.51. The highest BCUT2D eigenvalue weighted by molar-refractivity contribution is 5.58. The standard InChI is InChI=1S/C11H12N2O/c1-2-4-10-9(3-1)7-11(14-10)13-6-5-12-8-13/h1-4,8,11H,5-7H2/t11-/m0/s1. The summed E-state index contributed by atoms with van der Waals surface area (Å²) in [6.07, 6.45) is 3.04. The number of hydrogen-bond acceptors (Lipinski definition) is 3. The molecule has 0 aromatic heterocycles. The fourth-order valence-corrected chi connectivity index (χ4v) is 1.96. The summed E-state index contributed by atoms with van der Waals surface area (Å²) >= 11 is 0. The normalized spacial score (nSPS) is 23.7. The molecule has 0 saturated heterocycles. The molecule has 2 aliphatic rings. The lowest BCUT2D eigenvalue weighted by molar-refractivity contribution is 0.112. The number of hydrogen-bond donors (Lipinski definition) is 0. The summed E-state index contributed by atoms with van der Waals surface area (Å²) in [5.74, 6) is 1.03. The Bertz CT molecular complexity index is 350. The Balaban J connectivity index is 1.81. The number of fused-ring (bicyclic) bond motifs is 1. The second-order valence-corrected chi connectivity index (χ2v) is 3.64. The number of benzene rings is 1. The summed E-state index contributed by atoms with van der Waals surface area (Å²) < 4.78 is 5.83. The molecule has 0 saturated carbocycles. The zero-order valence-corrected chi connectivity index (χ0v) is 7.89. The van der Waals surface area contributed by atoms with Crippen LogP contribution in [-0.4, -0.2) is 30.6 Å². The van der Waals surface area contributed by atoms with Crippen LogP contribution in [0.25, 0.3) is 0 Å².